The molecule has 0 fully saturated rings. The van der Waals surface area contributed by atoms with Crippen molar-refractivity contribution in [2.45, 2.75) is 32.1 Å². The van der Waals surface area contributed by atoms with Crippen molar-refractivity contribution in [3.05, 3.63) is 51.5 Å². The molecule has 0 aliphatic heterocycles. The van der Waals surface area contributed by atoms with Gasteiger partial charge in [-0.05, 0) is 43.9 Å². The molecule has 1 aliphatic rings. The molecule has 3 aromatic heterocycles. The first-order chi connectivity index (χ1) is 10.7. The summed E-state index contributed by atoms with van der Waals surface area (Å²) in [5, 5.41) is 11.0. The lowest BCUT2D eigenvalue weighted by molar-refractivity contribution is 0.340. The molecule has 7 heteroatoms. The first-order valence-corrected chi connectivity index (χ1v) is 7.26. The fourth-order valence-corrected chi connectivity index (χ4v) is 2.89. The molecule has 3 heterocycles. The van der Waals surface area contributed by atoms with Crippen molar-refractivity contribution in [3.63, 3.8) is 0 Å². The normalized spacial score (nSPS) is 17.4. The molecule has 4 rings (SSSR count). The molecule has 1 unspecified atom stereocenters. The Kier molecular flexibility index (Phi) is 2.92. The summed E-state index contributed by atoms with van der Waals surface area (Å²) in [5.74, 6) is 1.10. The van der Waals surface area contributed by atoms with E-state index in [1.54, 1.807) is 6.07 Å². The van der Waals surface area contributed by atoms with Gasteiger partial charge in [0.1, 0.15) is 0 Å². The standard InChI is InChI=1S/C15H15N5O2/c1-8-2-4-11(14(21)17-8)13-18-15(22-20-13)9-3-5-12-10(6-9)7-16-19-12/h2,4,7,9H,3,5-6H2,1H3,(H,16,19)(H,17,21). The molecule has 2 N–H and O–H groups in total. The van der Waals surface area contributed by atoms with Crippen LogP contribution in [0.15, 0.2) is 27.6 Å². The Labute approximate surface area is 125 Å². The number of hydrogen-bond acceptors (Lipinski definition) is 5. The molecule has 112 valence electrons. The average Bonchev–Trinajstić information content (AvgIpc) is 3.15. The van der Waals surface area contributed by atoms with Crippen molar-refractivity contribution in [1.82, 2.24) is 25.3 Å². The number of pyridine rings is 1. The lowest BCUT2D eigenvalue weighted by atomic mass is 9.88. The molecule has 0 saturated carbocycles. The molecule has 0 radical (unpaired) electrons. The summed E-state index contributed by atoms with van der Waals surface area (Å²) in [6.45, 7) is 1.83. The molecule has 3 aromatic rings. The van der Waals surface area contributed by atoms with Crippen LogP contribution in [0.5, 0.6) is 0 Å². The minimum absolute atomic E-state index is 0.177. The number of aromatic amines is 2. The highest BCUT2D eigenvalue weighted by atomic mass is 16.5. The summed E-state index contributed by atoms with van der Waals surface area (Å²) >= 11 is 0. The number of nitrogens with zero attached hydrogens (tertiary/aromatic N) is 3. The van der Waals surface area contributed by atoms with Gasteiger partial charge < -0.3 is 9.51 Å². The smallest absolute Gasteiger partial charge is 0.259 e. The van der Waals surface area contributed by atoms with Crippen LogP contribution in [0.2, 0.25) is 0 Å². The van der Waals surface area contributed by atoms with Gasteiger partial charge in [-0.2, -0.15) is 10.1 Å². The van der Waals surface area contributed by atoms with E-state index < -0.39 is 0 Å². The van der Waals surface area contributed by atoms with Crippen LogP contribution in [0.3, 0.4) is 0 Å². The lowest BCUT2D eigenvalue weighted by Gasteiger charge is -2.17. The molecule has 0 spiro atoms. The summed E-state index contributed by atoms with van der Waals surface area (Å²) in [6, 6.07) is 3.54. The lowest BCUT2D eigenvalue weighted by Crippen LogP contribution is -2.12. The maximum atomic E-state index is 12.0. The maximum Gasteiger partial charge on any atom is 0.259 e. The average molecular weight is 297 g/mol. The van der Waals surface area contributed by atoms with Crippen LogP contribution < -0.4 is 5.56 Å². The van der Waals surface area contributed by atoms with E-state index in [-0.39, 0.29) is 11.5 Å². The molecule has 1 atom stereocenters. The van der Waals surface area contributed by atoms with Crippen molar-refractivity contribution in [3.8, 4) is 11.4 Å². The van der Waals surface area contributed by atoms with Gasteiger partial charge in [-0.1, -0.05) is 5.16 Å². The van der Waals surface area contributed by atoms with Crippen molar-refractivity contribution >= 4 is 0 Å². The summed E-state index contributed by atoms with van der Waals surface area (Å²) in [7, 11) is 0. The molecule has 22 heavy (non-hydrogen) atoms. The molecule has 1 aliphatic carbocycles. The molecule has 0 amide bonds. The first-order valence-electron chi connectivity index (χ1n) is 7.26. The van der Waals surface area contributed by atoms with Crippen LogP contribution in [-0.4, -0.2) is 25.3 Å². The number of rotatable bonds is 2. The highest BCUT2D eigenvalue weighted by Crippen LogP contribution is 2.31. The molecule has 0 aromatic carbocycles. The molecule has 7 nitrogen and oxygen atoms in total. The van der Waals surface area contributed by atoms with E-state index in [1.165, 1.54) is 11.3 Å². The predicted molar refractivity (Wildman–Crippen MR) is 78.4 cm³/mol. The summed E-state index contributed by atoms with van der Waals surface area (Å²) < 4.78 is 5.39. The van der Waals surface area contributed by atoms with Gasteiger partial charge in [0.15, 0.2) is 0 Å². The van der Waals surface area contributed by atoms with E-state index in [0.29, 0.717) is 17.3 Å². The van der Waals surface area contributed by atoms with Crippen LogP contribution in [-0.2, 0) is 12.8 Å². The highest BCUT2D eigenvalue weighted by molar-refractivity contribution is 5.52. The SMILES string of the molecule is Cc1ccc(-c2noc(C3CCc4[nH]ncc4C3)n2)c(=O)[nH]1. The molecule has 0 bridgehead atoms. The minimum Gasteiger partial charge on any atom is -0.339 e. The monoisotopic (exact) mass is 297 g/mol. The van der Waals surface area contributed by atoms with Gasteiger partial charge >= 0.3 is 0 Å². The van der Waals surface area contributed by atoms with Crippen molar-refractivity contribution in [1.29, 1.82) is 0 Å². The number of fused-ring (bicyclic) bond motifs is 1. The van der Waals surface area contributed by atoms with E-state index in [4.69, 9.17) is 4.52 Å². The summed E-state index contributed by atoms with van der Waals surface area (Å²) in [6.07, 6.45) is 4.53. The zero-order chi connectivity index (χ0) is 15.1. The largest absolute Gasteiger partial charge is 0.339 e. The fourth-order valence-electron chi connectivity index (χ4n) is 2.89. The molecule has 0 saturated heterocycles. The predicted octanol–water partition coefficient (Wildman–Crippen LogP) is 1.73. The van der Waals surface area contributed by atoms with Crippen LogP contribution in [0, 0.1) is 6.92 Å². The van der Waals surface area contributed by atoms with Gasteiger partial charge in [-0.3, -0.25) is 9.89 Å². The quantitative estimate of drug-likeness (QED) is 0.750. The van der Waals surface area contributed by atoms with Crippen LogP contribution in [0.25, 0.3) is 11.4 Å². The third-order valence-electron chi connectivity index (χ3n) is 4.10. The second-order valence-corrected chi connectivity index (χ2v) is 5.65. The Balaban J connectivity index is 1.63. The number of aromatic nitrogens is 5. The number of nitrogens with one attached hydrogen (secondary N) is 2. The van der Waals surface area contributed by atoms with Gasteiger partial charge in [-0.15, -0.1) is 0 Å². The number of H-pyrrole nitrogens is 2. The van der Waals surface area contributed by atoms with E-state index in [9.17, 15) is 4.79 Å². The zero-order valence-electron chi connectivity index (χ0n) is 12.1. The minimum atomic E-state index is -0.201. The Hall–Kier alpha value is -2.70. The molecular formula is C15H15N5O2. The number of aryl methyl sites for hydroxylation is 2. The topological polar surface area (TPSA) is 100 Å². The van der Waals surface area contributed by atoms with Crippen LogP contribution in [0.4, 0.5) is 0 Å². The Morgan fingerprint density at radius 2 is 2.27 bits per heavy atom. The fraction of sp³-hybridized carbons (Fsp3) is 0.333. The Morgan fingerprint density at radius 3 is 3.14 bits per heavy atom. The van der Waals surface area contributed by atoms with E-state index >= 15 is 0 Å². The van der Waals surface area contributed by atoms with Crippen molar-refractivity contribution in [2.24, 2.45) is 0 Å². The van der Waals surface area contributed by atoms with E-state index in [2.05, 4.69) is 25.3 Å². The van der Waals surface area contributed by atoms with Gasteiger partial charge in [0, 0.05) is 17.3 Å². The van der Waals surface area contributed by atoms with Crippen LogP contribution in [0.1, 0.15) is 35.2 Å². The van der Waals surface area contributed by atoms with E-state index in [1.807, 2.05) is 19.2 Å². The zero-order valence-corrected chi connectivity index (χ0v) is 12.1. The number of hydrogen-bond donors (Lipinski definition) is 2. The van der Waals surface area contributed by atoms with Gasteiger partial charge in [0.05, 0.1) is 11.8 Å². The molecular weight excluding hydrogens is 282 g/mol. The van der Waals surface area contributed by atoms with Crippen LogP contribution >= 0.6 is 0 Å². The highest BCUT2D eigenvalue weighted by Gasteiger charge is 2.26. The first kappa shape index (κ1) is 13.0. The third kappa shape index (κ3) is 2.14. The Bertz CT molecular complexity index is 876. The van der Waals surface area contributed by atoms with Crippen molar-refractivity contribution in [2.75, 3.05) is 0 Å². The summed E-state index contributed by atoms with van der Waals surface area (Å²) in [5.41, 5.74) is 3.42. The van der Waals surface area contributed by atoms with Gasteiger partial charge in [-0.25, -0.2) is 0 Å². The Morgan fingerprint density at radius 1 is 1.36 bits per heavy atom. The third-order valence-corrected chi connectivity index (χ3v) is 4.10. The maximum absolute atomic E-state index is 12.0. The van der Waals surface area contributed by atoms with Crippen molar-refractivity contribution < 1.29 is 4.52 Å². The second kappa shape index (κ2) is 4.94. The van der Waals surface area contributed by atoms with Gasteiger partial charge in [0.25, 0.3) is 5.56 Å². The summed E-state index contributed by atoms with van der Waals surface area (Å²) in [4.78, 5) is 19.1. The second-order valence-electron chi connectivity index (χ2n) is 5.65. The van der Waals surface area contributed by atoms with Gasteiger partial charge in [0.2, 0.25) is 11.7 Å². The van der Waals surface area contributed by atoms with E-state index in [0.717, 1.165) is 25.0 Å².